The molecule has 7 nitrogen and oxygen atoms in total. The van der Waals surface area contributed by atoms with Gasteiger partial charge in [-0.25, -0.2) is 10.9 Å². The molecule has 0 bridgehead atoms. The van der Waals surface area contributed by atoms with Gasteiger partial charge in [-0.2, -0.15) is 5.26 Å². The molecule has 4 atom stereocenters. The van der Waals surface area contributed by atoms with Crippen LogP contribution in [0.2, 0.25) is 0 Å². The molecule has 0 amide bonds. The monoisotopic (exact) mass is 314 g/mol. The first-order valence-corrected chi connectivity index (χ1v) is 7.46. The molecule has 1 aromatic rings. The van der Waals surface area contributed by atoms with Crippen molar-refractivity contribution in [2.45, 2.75) is 25.1 Å². The summed E-state index contributed by atoms with van der Waals surface area (Å²) in [5, 5.41) is 9.52. The summed E-state index contributed by atoms with van der Waals surface area (Å²) in [6.07, 6.45) is -0.508. The van der Waals surface area contributed by atoms with Gasteiger partial charge in [0.25, 0.3) is 0 Å². The lowest BCUT2D eigenvalue weighted by molar-refractivity contribution is -0.147. The Bertz CT molecular complexity index is 668. The summed E-state index contributed by atoms with van der Waals surface area (Å²) in [5.74, 6) is -0.980. The molecule has 0 aliphatic carbocycles. The second kappa shape index (κ2) is 6.28. The van der Waals surface area contributed by atoms with Gasteiger partial charge in [0, 0.05) is 5.92 Å². The number of hydrogen-bond acceptors (Lipinski definition) is 7. The van der Waals surface area contributed by atoms with E-state index in [1.165, 1.54) is 0 Å². The third-order valence-corrected chi connectivity index (χ3v) is 4.15. The van der Waals surface area contributed by atoms with Gasteiger partial charge in [-0.3, -0.25) is 4.79 Å². The number of benzene rings is 1. The highest BCUT2D eigenvalue weighted by atomic mass is 16.5. The summed E-state index contributed by atoms with van der Waals surface area (Å²) in [4.78, 5) is 12.2. The Labute approximate surface area is 134 Å². The van der Waals surface area contributed by atoms with E-state index in [0.717, 1.165) is 5.56 Å². The maximum atomic E-state index is 12.2. The average Bonchev–Trinajstić information content (AvgIpc) is 2.98. The smallest absolute Gasteiger partial charge is 0.325 e. The maximum Gasteiger partial charge on any atom is 0.325 e. The standard InChI is InChI=1S/C16H18N4O3/c1-2-22-16(21)13-12-11(9-6-4-3-5-7-9)10(8-17)14(18)23-15(12)20-19-13/h3-7,11-13,15,19-20H,2,18H2,1H3. The van der Waals surface area contributed by atoms with Gasteiger partial charge >= 0.3 is 5.97 Å². The Morgan fingerprint density at radius 3 is 2.78 bits per heavy atom. The molecule has 0 aromatic heterocycles. The maximum absolute atomic E-state index is 12.2. The van der Waals surface area contributed by atoms with Crippen LogP contribution in [0.25, 0.3) is 0 Å². The highest BCUT2D eigenvalue weighted by molar-refractivity contribution is 5.77. The van der Waals surface area contributed by atoms with E-state index in [1.807, 2.05) is 30.3 Å². The number of hydrogen-bond donors (Lipinski definition) is 3. The lowest BCUT2D eigenvalue weighted by Gasteiger charge is -2.35. The second-order valence-corrected chi connectivity index (χ2v) is 5.41. The molecule has 4 unspecified atom stereocenters. The van der Waals surface area contributed by atoms with Crippen molar-refractivity contribution >= 4 is 5.97 Å². The van der Waals surface area contributed by atoms with E-state index in [0.29, 0.717) is 5.57 Å². The summed E-state index contributed by atoms with van der Waals surface area (Å²) < 4.78 is 10.7. The fourth-order valence-electron chi connectivity index (χ4n) is 3.18. The van der Waals surface area contributed by atoms with Gasteiger partial charge in [-0.1, -0.05) is 30.3 Å². The van der Waals surface area contributed by atoms with Crippen LogP contribution in [0.15, 0.2) is 41.8 Å². The number of esters is 1. The number of fused-ring (bicyclic) bond motifs is 1. The first-order valence-electron chi connectivity index (χ1n) is 7.46. The molecule has 2 aliphatic heterocycles. The summed E-state index contributed by atoms with van der Waals surface area (Å²) in [6.45, 7) is 2.04. The molecule has 7 heteroatoms. The van der Waals surface area contributed by atoms with Gasteiger partial charge < -0.3 is 15.2 Å². The Morgan fingerprint density at radius 1 is 1.39 bits per heavy atom. The molecule has 0 radical (unpaired) electrons. The first kappa shape index (κ1) is 15.3. The SMILES string of the molecule is CCOC(=O)C1NNC2OC(N)=C(C#N)C(c3ccccc3)C21. The number of carbonyl (C=O) groups is 1. The number of nitrogens with two attached hydrogens (primary N) is 1. The van der Waals surface area contributed by atoms with Crippen molar-refractivity contribution in [3.63, 3.8) is 0 Å². The third-order valence-electron chi connectivity index (χ3n) is 4.15. The number of nitrogens with one attached hydrogen (secondary N) is 2. The number of carbonyl (C=O) groups excluding carboxylic acids is 1. The Hall–Kier alpha value is -2.56. The average molecular weight is 314 g/mol. The molecule has 23 heavy (non-hydrogen) atoms. The highest BCUT2D eigenvalue weighted by Crippen LogP contribution is 2.42. The Morgan fingerprint density at radius 2 is 2.13 bits per heavy atom. The van der Waals surface area contributed by atoms with Crippen molar-refractivity contribution in [2.75, 3.05) is 6.61 Å². The minimum atomic E-state index is -0.624. The van der Waals surface area contributed by atoms with Crippen molar-refractivity contribution in [3.8, 4) is 6.07 Å². The van der Waals surface area contributed by atoms with Gasteiger partial charge in [-0.15, -0.1) is 0 Å². The van der Waals surface area contributed by atoms with Crippen LogP contribution in [0.4, 0.5) is 0 Å². The van der Waals surface area contributed by atoms with Crippen molar-refractivity contribution in [3.05, 3.63) is 47.4 Å². The Balaban J connectivity index is 2.04. The summed E-state index contributed by atoms with van der Waals surface area (Å²) in [6, 6.07) is 11.0. The van der Waals surface area contributed by atoms with Gasteiger partial charge in [-0.05, 0) is 12.5 Å². The van der Waals surface area contributed by atoms with Crippen molar-refractivity contribution < 1.29 is 14.3 Å². The zero-order valence-electron chi connectivity index (χ0n) is 12.7. The molecule has 3 rings (SSSR count). The van der Waals surface area contributed by atoms with Crippen LogP contribution in [-0.2, 0) is 14.3 Å². The topological polar surface area (TPSA) is 109 Å². The molecular weight excluding hydrogens is 296 g/mol. The zero-order valence-corrected chi connectivity index (χ0v) is 12.7. The van der Waals surface area contributed by atoms with Crippen LogP contribution >= 0.6 is 0 Å². The zero-order chi connectivity index (χ0) is 16.4. The van der Waals surface area contributed by atoms with E-state index in [-0.39, 0.29) is 30.3 Å². The minimum Gasteiger partial charge on any atom is -0.465 e. The number of nitriles is 1. The van der Waals surface area contributed by atoms with Crippen molar-refractivity contribution in [1.82, 2.24) is 10.9 Å². The first-order chi connectivity index (χ1) is 11.2. The van der Waals surface area contributed by atoms with Gasteiger partial charge in [0.15, 0.2) is 6.23 Å². The lowest BCUT2D eigenvalue weighted by Crippen LogP contribution is -2.44. The molecule has 120 valence electrons. The molecule has 0 saturated carbocycles. The number of nitrogens with zero attached hydrogens (tertiary/aromatic N) is 1. The fourth-order valence-corrected chi connectivity index (χ4v) is 3.18. The highest BCUT2D eigenvalue weighted by Gasteiger charge is 2.51. The number of rotatable bonds is 3. The fraction of sp³-hybridized carbons (Fsp3) is 0.375. The van der Waals surface area contributed by atoms with E-state index in [1.54, 1.807) is 6.92 Å². The van der Waals surface area contributed by atoms with Crippen LogP contribution in [0.5, 0.6) is 0 Å². The summed E-state index contributed by atoms with van der Waals surface area (Å²) in [5.41, 5.74) is 13.0. The molecule has 4 N–H and O–H groups in total. The van der Waals surface area contributed by atoms with Crippen LogP contribution in [0.3, 0.4) is 0 Å². The summed E-state index contributed by atoms with van der Waals surface area (Å²) in [7, 11) is 0. The van der Waals surface area contributed by atoms with E-state index in [9.17, 15) is 10.1 Å². The predicted octanol–water partition coefficient (Wildman–Crippen LogP) is 0.476. The third kappa shape index (κ3) is 2.63. The number of allylic oxidation sites excluding steroid dienone is 1. The molecule has 1 aromatic carbocycles. The molecule has 1 fully saturated rings. The number of ether oxygens (including phenoxy) is 2. The summed E-state index contributed by atoms with van der Waals surface area (Å²) >= 11 is 0. The minimum absolute atomic E-state index is 0.0846. The van der Waals surface area contributed by atoms with Gasteiger partial charge in [0.05, 0.1) is 18.1 Å². The van der Waals surface area contributed by atoms with Crippen LogP contribution in [-0.4, -0.2) is 24.8 Å². The molecule has 2 heterocycles. The van der Waals surface area contributed by atoms with Crippen LogP contribution in [0, 0.1) is 17.2 Å². The van der Waals surface area contributed by atoms with E-state index in [4.69, 9.17) is 15.2 Å². The van der Waals surface area contributed by atoms with E-state index >= 15 is 0 Å². The van der Waals surface area contributed by atoms with Crippen LogP contribution < -0.4 is 16.6 Å². The largest absolute Gasteiger partial charge is 0.465 e. The van der Waals surface area contributed by atoms with E-state index in [2.05, 4.69) is 16.9 Å². The molecular formula is C16H18N4O3. The molecule has 1 saturated heterocycles. The normalized spacial score (nSPS) is 29.4. The quantitative estimate of drug-likeness (QED) is 0.696. The van der Waals surface area contributed by atoms with Crippen LogP contribution in [0.1, 0.15) is 18.4 Å². The number of hydrazine groups is 1. The Kier molecular flexibility index (Phi) is 4.19. The van der Waals surface area contributed by atoms with Gasteiger partial charge in [0.1, 0.15) is 12.1 Å². The lowest BCUT2D eigenvalue weighted by atomic mass is 9.75. The van der Waals surface area contributed by atoms with E-state index < -0.39 is 12.3 Å². The molecule has 0 spiro atoms. The van der Waals surface area contributed by atoms with Crippen molar-refractivity contribution in [1.29, 1.82) is 5.26 Å². The predicted molar refractivity (Wildman–Crippen MR) is 81.1 cm³/mol. The second-order valence-electron chi connectivity index (χ2n) is 5.41. The molecule has 2 aliphatic rings. The van der Waals surface area contributed by atoms with Gasteiger partial charge in [0.2, 0.25) is 5.88 Å². The van der Waals surface area contributed by atoms with Crippen molar-refractivity contribution in [2.24, 2.45) is 11.7 Å².